The monoisotopic (exact) mass is 210 g/mol. The van der Waals surface area contributed by atoms with Gasteiger partial charge in [0.1, 0.15) is 0 Å². The van der Waals surface area contributed by atoms with Gasteiger partial charge in [0.2, 0.25) is 0 Å². The zero-order valence-electron chi connectivity index (χ0n) is 8.68. The Hall–Kier alpha value is -2.34. The van der Waals surface area contributed by atoms with Crippen LogP contribution in [0.25, 0.3) is 10.9 Å². The van der Waals surface area contributed by atoms with Gasteiger partial charge in [-0.1, -0.05) is 6.08 Å². The van der Waals surface area contributed by atoms with Gasteiger partial charge in [-0.3, -0.25) is 4.79 Å². The number of aromatic nitrogens is 1. The maximum absolute atomic E-state index is 10.9. The lowest BCUT2D eigenvalue weighted by molar-refractivity contribution is 0.112. The van der Waals surface area contributed by atoms with E-state index in [9.17, 15) is 4.79 Å². The topological polar surface area (TPSA) is 45.8 Å². The summed E-state index contributed by atoms with van der Waals surface area (Å²) in [5.41, 5.74) is 2.11. The van der Waals surface area contributed by atoms with Crippen LogP contribution < -0.4 is 0 Å². The average Bonchev–Trinajstić information content (AvgIpc) is 2.67. The third kappa shape index (κ3) is 1.51. The van der Waals surface area contributed by atoms with E-state index in [1.165, 1.54) is 0 Å². The van der Waals surface area contributed by atoms with E-state index in [1.54, 1.807) is 24.4 Å². The lowest BCUT2D eigenvalue weighted by atomic mass is 10.1. The molecule has 0 bridgehead atoms. The number of rotatable bonds is 3. The van der Waals surface area contributed by atoms with Crippen molar-refractivity contribution in [2.45, 2.75) is 6.54 Å². The molecule has 0 aliphatic rings. The van der Waals surface area contributed by atoms with Crippen molar-refractivity contribution in [3.8, 4) is 6.07 Å². The SMILES string of the molecule is C=CCn1cc(C=O)c2cc(C#N)ccc21. The highest BCUT2D eigenvalue weighted by molar-refractivity contribution is 5.98. The second-order valence-corrected chi connectivity index (χ2v) is 3.49. The fraction of sp³-hybridized carbons (Fsp3) is 0.0769. The van der Waals surface area contributed by atoms with Gasteiger partial charge in [-0.25, -0.2) is 0 Å². The summed E-state index contributed by atoms with van der Waals surface area (Å²) in [6, 6.07) is 7.40. The zero-order chi connectivity index (χ0) is 11.5. The molecule has 0 N–H and O–H groups in total. The largest absolute Gasteiger partial charge is 0.343 e. The van der Waals surface area contributed by atoms with Gasteiger partial charge in [-0.2, -0.15) is 5.26 Å². The van der Waals surface area contributed by atoms with Crippen molar-refractivity contribution in [2.75, 3.05) is 0 Å². The van der Waals surface area contributed by atoms with Crippen molar-refractivity contribution in [3.05, 3.63) is 48.2 Å². The number of aldehydes is 1. The minimum absolute atomic E-state index is 0.562. The molecule has 0 spiro atoms. The number of hydrogen-bond donors (Lipinski definition) is 0. The van der Waals surface area contributed by atoms with Gasteiger partial charge in [0.05, 0.1) is 11.6 Å². The molecule has 0 unspecified atom stereocenters. The molecule has 0 saturated carbocycles. The van der Waals surface area contributed by atoms with E-state index in [1.807, 2.05) is 10.6 Å². The van der Waals surface area contributed by atoms with E-state index in [0.29, 0.717) is 17.7 Å². The molecule has 1 aromatic heterocycles. The van der Waals surface area contributed by atoms with Gasteiger partial charge in [0.25, 0.3) is 0 Å². The Morgan fingerprint density at radius 2 is 2.31 bits per heavy atom. The Kier molecular flexibility index (Phi) is 2.57. The Morgan fingerprint density at radius 3 is 2.94 bits per heavy atom. The molecule has 0 aliphatic heterocycles. The molecule has 1 aromatic carbocycles. The van der Waals surface area contributed by atoms with Crippen molar-refractivity contribution in [2.24, 2.45) is 0 Å². The molecule has 3 heteroatoms. The number of fused-ring (bicyclic) bond motifs is 1. The van der Waals surface area contributed by atoms with Crippen LogP contribution in [-0.4, -0.2) is 10.9 Å². The smallest absolute Gasteiger partial charge is 0.152 e. The first-order chi connectivity index (χ1) is 7.80. The minimum Gasteiger partial charge on any atom is -0.343 e. The van der Waals surface area contributed by atoms with E-state index >= 15 is 0 Å². The maximum Gasteiger partial charge on any atom is 0.152 e. The molecule has 0 aliphatic carbocycles. The van der Waals surface area contributed by atoms with Crippen LogP contribution in [0.3, 0.4) is 0 Å². The number of carbonyl (C=O) groups is 1. The second kappa shape index (κ2) is 4.03. The molecule has 0 radical (unpaired) electrons. The number of nitrogens with zero attached hydrogens (tertiary/aromatic N) is 2. The standard InChI is InChI=1S/C13H10N2O/c1-2-5-15-8-11(9-16)12-6-10(7-14)3-4-13(12)15/h2-4,6,8-9H,1,5H2. The first-order valence-corrected chi connectivity index (χ1v) is 4.89. The highest BCUT2D eigenvalue weighted by Gasteiger charge is 2.07. The maximum atomic E-state index is 10.9. The Morgan fingerprint density at radius 1 is 1.50 bits per heavy atom. The summed E-state index contributed by atoms with van der Waals surface area (Å²) in [5, 5.41) is 9.63. The Bertz CT molecular complexity index is 602. The summed E-state index contributed by atoms with van der Waals surface area (Å²) >= 11 is 0. The Balaban J connectivity index is 2.74. The van der Waals surface area contributed by atoms with E-state index < -0.39 is 0 Å². The van der Waals surface area contributed by atoms with Crippen LogP contribution >= 0.6 is 0 Å². The molecule has 1 heterocycles. The first-order valence-electron chi connectivity index (χ1n) is 4.89. The summed E-state index contributed by atoms with van der Waals surface area (Å²) in [4.78, 5) is 10.9. The van der Waals surface area contributed by atoms with Gasteiger partial charge in [0.15, 0.2) is 6.29 Å². The van der Waals surface area contributed by atoms with Gasteiger partial charge in [-0.05, 0) is 18.2 Å². The lowest BCUT2D eigenvalue weighted by Gasteiger charge is -2.00. The predicted molar refractivity (Wildman–Crippen MR) is 62.2 cm³/mol. The molecular formula is C13H10N2O. The number of benzene rings is 1. The van der Waals surface area contributed by atoms with Crippen molar-refractivity contribution in [3.63, 3.8) is 0 Å². The van der Waals surface area contributed by atoms with Crippen LogP contribution in [0.2, 0.25) is 0 Å². The average molecular weight is 210 g/mol. The molecular weight excluding hydrogens is 200 g/mol. The highest BCUT2D eigenvalue weighted by Crippen LogP contribution is 2.21. The van der Waals surface area contributed by atoms with E-state index in [-0.39, 0.29) is 0 Å². The van der Waals surface area contributed by atoms with Gasteiger partial charge >= 0.3 is 0 Å². The zero-order valence-corrected chi connectivity index (χ0v) is 8.68. The normalized spacial score (nSPS) is 9.94. The molecule has 0 atom stereocenters. The molecule has 16 heavy (non-hydrogen) atoms. The second-order valence-electron chi connectivity index (χ2n) is 3.49. The molecule has 0 saturated heterocycles. The molecule has 0 amide bonds. The van der Waals surface area contributed by atoms with Crippen LogP contribution in [-0.2, 0) is 6.54 Å². The van der Waals surface area contributed by atoms with Gasteiger partial charge < -0.3 is 4.57 Å². The van der Waals surface area contributed by atoms with Crippen LogP contribution in [0, 0.1) is 11.3 Å². The van der Waals surface area contributed by atoms with Crippen LogP contribution in [0.4, 0.5) is 0 Å². The fourth-order valence-electron chi connectivity index (χ4n) is 1.78. The summed E-state index contributed by atoms with van der Waals surface area (Å²) in [5.74, 6) is 0. The van der Waals surface area contributed by atoms with Gasteiger partial charge in [0, 0.05) is 29.2 Å². The fourth-order valence-corrected chi connectivity index (χ4v) is 1.78. The molecule has 2 rings (SSSR count). The van der Waals surface area contributed by atoms with Crippen molar-refractivity contribution in [1.29, 1.82) is 5.26 Å². The van der Waals surface area contributed by atoms with Crippen LogP contribution in [0.15, 0.2) is 37.1 Å². The minimum atomic E-state index is 0.562. The number of allylic oxidation sites excluding steroid dienone is 1. The van der Waals surface area contributed by atoms with Gasteiger partial charge in [-0.15, -0.1) is 6.58 Å². The van der Waals surface area contributed by atoms with E-state index in [4.69, 9.17) is 5.26 Å². The third-order valence-corrected chi connectivity index (χ3v) is 2.49. The number of nitriles is 1. The molecule has 0 fully saturated rings. The summed E-state index contributed by atoms with van der Waals surface area (Å²) in [7, 11) is 0. The van der Waals surface area contributed by atoms with E-state index in [2.05, 4.69) is 12.6 Å². The lowest BCUT2D eigenvalue weighted by Crippen LogP contribution is -1.91. The Labute approximate surface area is 93.2 Å². The molecule has 78 valence electrons. The first kappa shape index (κ1) is 10.2. The quantitative estimate of drug-likeness (QED) is 0.577. The highest BCUT2D eigenvalue weighted by atomic mass is 16.1. The summed E-state index contributed by atoms with van der Waals surface area (Å²) < 4.78 is 1.94. The van der Waals surface area contributed by atoms with Crippen molar-refractivity contribution >= 4 is 17.2 Å². The predicted octanol–water partition coefficient (Wildman–Crippen LogP) is 2.51. The van der Waals surface area contributed by atoms with Crippen LogP contribution in [0.1, 0.15) is 15.9 Å². The molecule has 2 aromatic rings. The van der Waals surface area contributed by atoms with Crippen LogP contribution in [0.5, 0.6) is 0 Å². The number of carbonyl (C=O) groups excluding carboxylic acids is 1. The number of hydrogen-bond acceptors (Lipinski definition) is 2. The third-order valence-electron chi connectivity index (χ3n) is 2.49. The summed E-state index contributed by atoms with van der Waals surface area (Å²) in [6.45, 7) is 4.32. The van der Waals surface area contributed by atoms with E-state index in [0.717, 1.165) is 17.2 Å². The summed E-state index contributed by atoms with van der Waals surface area (Å²) in [6.07, 6.45) is 4.36. The molecule has 3 nitrogen and oxygen atoms in total. The van der Waals surface area contributed by atoms with Crippen molar-refractivity contribution in [1.82, 2.24) is 4.57 Å². The van der Waals surface area contributed by atoms with Crippen molar-refractivity contribution < 1.29 is 4.79 Å².